The Morgan fingerprint density at radius 2 is 2.00 bits per heavy atom. The molecule has 1 N–H and O–H groups in total. The van der Waals surface area contributed by atoms with E-state index in [0.29, 0.717) is 12.2 Å². The third kappa shape index (κ3) is 3.33. The zero-order valence-corrected chi connectivity index (χ0v) is 9.28. The Bertz CT molecular complexity index is 286. The van der Waals surface area contributed by atoms with Crippen LogP contribution >= 0.6 is 0 Å². The van der Waals surface area contributed by atoms with Gasteiger partial charge in [-0.05, 0) is 12.0 Å². The molecule has 0 amide bonds. The van der Waals surface area contributed by atoms with E-state index in [4.69, 9.17) is 4.74 Å². The minimum absolute atomic E-state index is 0.466. The van der Waals surface area contributed by atoms with Gasteiger partial charge >= 0.3 is 0 Å². The van der Waals surface area contributed by atoms with Crippen molar-refractivity contribution in [2.45, 2.75) is 38.5 Å². The zero-order valence-electron chi connectivity index (χ0n) is 9.28. The summed E-state index contributed by atoms with van der Waals surface area (Å²) in [6.45, 7) is 4.13. The molecule has 15 heavy (non-hydrogen) atoms. The van der Waals surface area contributed by atoms with Crippen LogP contribution in [-0.4, -0.2) is 18.8 Å². The molecule has 1 aliphatic heterocycles. The van der Waals surface area contributed by atoms with Crippen molar-refractivity contribution in [2.75, 3.05) is 6.54 Å². The average Bonchev–Trinajstić information content (AvgIpc) is 2.99. The number of nitrogens with one attached hydrogen (secondary N) is 1. The summed E-state index contributed by atoms with van der Waals surface area (Å²) in [6, 6.07) is 10.5. The molecule has 1 aromatic rings. The molecule has 2 heteroatoms. The van der Waals surface area contributed by atoms with Crippen molar-refractivity contribution in [3.63, 3.8) is 0 Å². The van der Waals surface area contributed by atoms with Crippen LogP contribution in [0, 0.1) is 0 Å². The molecule has 0 bridgehead atoms. The summed E-state index contributed by atoms with van der Waals surface area (Å²) in [4.78, 5) is 0. The third-order valence-corrected chi connectivity index (χ3v) is 2.78. The Morgan fingerprint density at radius 3 is 2.73 bits per heavy atom. The zero-order chi connectivity index (χ0) is 10.5. The molecule has 0 aliphatic carbocycles. The van der Waals surface area contributed by atoms with Crippen LogP contribution in [0.5, 0.6) is 0 Å². The number of epoxide rings is 1. The lowest BCUT2D eigenvalue weighted by Crippen LogP contribution is -2.20. The van der Waals surface area contributed by atoms with Gasteiger partial charge in [-0.2, -0.15) is 0 Å². The lowest BCUT2D eigenvalue weighted by molar-refractivity contribution is 0.356. The van der Waals surface area contributed by atoms with Crippen molar-refractivity contribution in [2.24, 2.45) is 0 Å². The number of benzene rings is 1. The predicted molar refractivity (Wildman–Crippen MR) is 61.7 cm³/mol. The standard InChI is InChI=1S/C13H19NO/c1-2-6-12-13(15-12)10-14-9-11-7-4-3-5-8-11/h3-5,7-8,12-14H,2,6,9-10H2,1H3/t12-,13-/m0/s1. The van der Waals surface area contributed by atoms with Gasteiger partial charge in [-0.15, -0.1) is 0 Å². The van der Waals surface area contributed by atoms with Gasteiger partial charge in [0.2, 0.25) is 0 Å². The number of hydrogen-bond donors (Lipinski definition) is 1. The van der Waals surface area contributed by atoms with Crippen LogP contribution in [0.3, 0.4) is 0 Å². The van der Waals surface area contributed by atoms with Gasteiger partial charge in [0.25, 0.3) is 0 Å². The van der Waals surface area contributed by atoms with Crippen molar-refractivity contribution in [1.29, 1.82) is 0 Å². The third-order valence-electron chi connectivity index (χ3n) is 2.78. The lowest BCUT2D eigenvalue weighted by Gasteiger charge is -2.02. The van der Waals surface area contributed by atoms with Crippen molar-refractivity contribution < 1.29 is 4.74 Å². The van der Waals surface area contributed by atoms with Gasteiger partial charge in [0.15, 0.2) is 0 Å². The highest BCUT2D eigenvalue weighted by Crippen LogP contribution is 2.25. The minimum Gasteiger partial charge on any atom is -0.368 e. The van der Waals surface area contributed by atoms with E-state index in [1.807, 2.05) is 6.07 Å². The van der Waals surface area contributed by atoms with Crippen LogP contribution in [-0.2, 0) is 11.3 Å². The first-order chi connectivity index (χ1) is 7.40. The van der Waals surface area contributed by atoms with E-state index < -0.39 is 0 Å². The van der Waals surface area contributed by atoms with Gasteiger partial charge in [0.05, 0.1) is 12.2 Å². The molecule has 82 valence electrons. The maximum atomic E-state index is 5.53. The van der Waals surface area contributed by atoms with Crippen molar-refractivity contribution in [1.82, 2.24) is 5.32 Å². The van der Waals surface area contributed by atoms with E-state index in [2.05, 4.69) is 36.5 Å². The number of hydrogen-bond acceptors (Lipinski definition) is 2. The Morgan fingerprint density at radius 1 is 1.20 bits per heavy atom. The van der Waals surface area contributed by atoms with E-state index in [1.165, 1.54) is 18.4 Å². The Kier molecular flexibility index (Phi) is 3.75. The molecule has 0 aromatic heterocycles. The lowest BCUT2D eigenvalue weighted by atomic mass is 10.2. The Balaban J connectivity index is 1.60. The summed E-state index contributed by atoms with van der Waals surface area (Å²) in [7, 11) is 0. The van der Waals surface area contributed by atoms with Crippen LogP contribution in [0.25, 0.3) is 0 Å². The largest absolute Gasteiger partial charge is 0.368 e. The van der Waals surface area contributed by atoms with E-state index in [1.54, 1.807) is 0 Å². The van der Waals surface area contributed by atoms with Gasteiger partial charge in [-0.3, -0.25) is 0 Å². The highest BCUT2D eigenvalue weighted by Gasteiger charge is 2.36. The molecule has 2 nitrogen and oxygen atoms in total. The molecule has 1 aliphatic rings. The SMILES string of the molecule is CCC[C@@H]1O[C@H]1CNCc1ccccc1. The summed E-state index contributed by atoms with van der Waals surface area (Å²) in [5.74, 6) is 0. The first kappa shape index (κ1) is 10.7. The summed E-state index contributed by atoms with van der Waals surface area (Å²) >= 11 is 0. The normalized spacial score (nSPS) is 24.1. The summed E-state index contributed by atoms with van der Waals surface area (Å²) in [6.07, 6.45) is 3.42. The van der Waals surface area contributed by atoms with Crippen LogP contribution in [0.1, 0.15) is 25.3 Å². The highest BCUT2D eigenvalue weighted by atomic mass is 16.6. The summed E-state index contributed by atoms with van der Waals surface area (Å²) < 4.78 is 5.53. The van der Waals surface area contributed by atoms with E-state index >= 15 is 0 Å². The molecule has 1 fully saturated rings. The molecule has 1 saturated heterocycles. The first-order valence-corrected chi connectivity index (χ1v) is 5.80. The summed E-state index contributed by atoms with van der Waals surface area (Å²) in [5.41, 5.74) is 1.34. The fraction of sp³-hybridized carbons (Fsp3) is 0.538. The minimum atomic E-state index is 0.466. The van der Waals surface area contributed by atoms with Gasteiger partial charge in [0, 0.05) is 13.1 Å². The fourth-order valence-corrected chi connectivity index (χ4v) is 1.85. The van der Waals surface area contributed by atoms with Gasteiger partial charge in [0.1, 0.15) is 0 Å². The Hall–Kier alpha value is -0.860. The molecule has 1 aromatic carbocycles. The second-order valence-corrected chi connectivity index (χ2v) is 4.12. The van der Waals surface area contributed by atoms with Crippen molar-refractivity contribution in [3.8, 4) is 0 Å². The van der Waals surface area contributed by atoms with Crippen LogP contribution < -0.4 is 5.32 Å². The van der Waals surface area contributed by atoms with Gasteiger partial charge in [-0.25, -0.2) is 0 Å². The second-order valence-electron chi connectivity index (χ2n) is 4.12. The fourth-order valence-electron chi connectivity index (χ4n) is 1.85. The molecule has 2 rings (SSSR count). The second kappa shape index (κ2) is 5.29. The molecule has 0 spiro atoms. The maximum absolute atomic E-state index is 5.53. The molecular formula is C13H19NO. The first-order valence-electron chi connectivity index (χ1n) is 5.80. The quantitative estimate of drug-likeness (QED) is 0.721. The molecule has 2 atom stereocenters. The highest BCUT2D eigenvalue weighted by molar-refractivity contribution is 5.14. The Labute approximate surface area is 91.6 Å². The van der Waals surface area contributed by atoms with Crippen LogP contribution in [0.4, 0.5) is 0 Å². The molecule has 0 unspecified atom stereocenters. The van der Waals surface area contributed by atoms with Gasteiger partial charge in [-0.1, -0.05) is 43.7 Å². The average molecular weight is 205 g/mol. The molecule has 0 saturated carbocycles. The summed E-state index contributed by atoms with van der Waals surface area (Å²) in [5, 5.41) is 3.43. The van der Waals surface area contributed by atoms with E-state index in [0.717, 1.165) is 13.1 Å². The van der Waals surface area contributed by atoms with Crippen LogP contribution in [0.2, 0.25) is 0 Å². The monoisotopic (exact) mass is 205 g/mol. The van der Waals surface area contributed by atoms with Gasteiger partial charge < -0.3 is 10.1 Å². The maximum Gasteiger partial charge on any atom is 0.0965 e. The van der Waals surface area contributed by atoms with E-state index in [9.17, 15) is 0 Å². The molecular weight excluding hydrogens is 186 g/mol. The predicted octanol–water partition coefficient (Wildman–Crippen LogP) is 2.34. The van der Waals surface area contributed by atoms with Crippen molar-refractivity contribution >= 4 is 0 Å². The topological polar surface area (TPSA) is 24.6 Å². The smallest absolute Gasteiger partial charge is 0.0965 e. The number of rotatable bonds is 6. The van der Waals surface area contributed by atoms with Crippen LogP contribution in [0.15, 0.2) is 30.3 Å². The molecule has 1 heterocycles. The van der Waals surface area contributed by atoms with E-state index in [-0.39, 0.29) is 0 Å². The number of ether oxygens (including phenoxy) is 1. The van der Waals surface area contributed by atoms with Crippen molar-refractivity contribution in [3.05, 3.63) is 35.9 Å². The molecule has 0 radical (unpaired) electrons.